The molecule has 0 fully saturated rings. The van der Waals surface area contributed by atoms with Crippen LogP contribution in [0.25, 0.3) is 0 Å². The van der Waals surface area contributed by atoms with E-state index in [1.165, 1.54) is 5.56 Å². The number of phenols is 1. The van der Waals surface area contributed by atoms with Gasteiger partial charge in [-0.1, -0.05) is 24.3 Å². The first-order chi connectivity index (χ1) is 11.1. The Hall–Kier alpha value is -2.04. The fraction of sp³-hybridized carbons (Fsp3) is 0.368. The van der Waals surface area contributed by atoms with Crippen molar-refractivity contribution < 1.29 is 14.9 Å². The third-order valence-electron chi connectivity index (χ3n) is 3.98. The Morgan fingerprint density at radius 2 is 1.70 bits per heavy atom. The molecule has 2 atom stereocenters. The molecule has 0 aromatic heterocycles. The number of methoxy groups -OCH3 is 1. The number of hydrogen-bond donors (Lipinski definition) is 3. The van der Waals surface area contributed by atoms with Crippen LogP contribution in [0.5, 0.6) is 11.5 Å². The minimum absolute atomic E-state index is 0.0459. The number of phenolic OH excluding ortho intramolecular Hbond substituents is 1. The van der Waals surface area contributed by atoms with Crippen molar-refractivity contribution in [3.05, 3.63) is 59.7 Å². The molecule has 0 aliphatic heterocycles. The normalized spacial score (nSPS) is 13.5. The van der Waals surface area contributed by atoms with Crippen LogP contribution in [0.3, 0.4) is 0 Å². The lowest BCUT2D eigenvalue weighted by Gasteiger charge is -2.20. The van der Waals surface area contributed by atoms with Gasteiger partial charge in [0.1, 0.15) is 11.5 Å². The molecular weight excluding hydrogens is 290 g/mol. The molecule has 2 rings (SSSR count). The molecule has 0 amide bonds. The van der Waals surface area contributed by atoms with E-state index in [2.05, 4.69) is 17.4 Å². The molecule has 0 saturated heterocycles. The van der Waals surface area contributed by atoms with Gasteiger partial charge >= 0.3 is 0 Å². The largest absolute Gasteiger partial charge is 0.508 e. The Balaban J connectivity index is 1.73. The molecule has 0 radical (unpaired) electrons. The summed E-state index contributed by atoms with van der Waals surface area (Å²) in [7, 11) is 1.67. The minimum Gasteiger partial charge on any atom is -0.508 e. The summed E-state index contributed by atoms with van der Waals surface area (Å²) in [6.07, 6.45) is 1.40. The van der Waals surface area contributed by atoms with Gasteiger partial charge in [0.15, 0.2) is 0 Å². The summed E-state index contributed by atoms with van der Waals surface area (Å²) in [5.74, 6) is 1.08. The van der Waals surface area contributed by atoms with Gasteiger partial charge in [-0.15, -0.1) is 0 Å². The van der Waals surface area contributed by atoms with Gasteiger partial charge in [-0.05, 0) is 61.7 Å². The van der Waals surface area contributed by atoms with Crippen LogP contribution in [0, 0.1) is 0 Å². The zero-order chi connectivity index (χ0) is 16.7. The van der Waals surface area contributed by atoms with Crippen molar-refractivity contribution >= 4 is 0 Å². The van der Waals surface area contributed by atoms with Crippen LogP contribution in [0.15, 0.2) is 48.5 Å². The van der Waals surface area contributed by atoms with Gasteiger partial charge in [0.25, 0.3) is 0 Å². The molecule has 2 aromatic rings. The van der Waals surface area contributed by atoms with E-state index in [1.54, 1.807) is 31.4 Å². The van der Waals surface area contributed by atoms with E-state index in [-0.39, 0.29) is 11.8 Å². The quantitative estimate of drug-likeness (QED) is 0.655. The maximum absolute atomic E-state index is 10.3. The number of hydrogen-bond acceptors (Lipinski definition) is 4. The lowest BCUT2D eigenvalue weighted by Crippen LogP contribution is -2.33. The molecule has 0 heterocycles. The summed E-state index contributed by atoms with van der Waals surface area (Å²) in [5.41, 5.74) is 2.08. The predicted octanol–water partition coefficient (Wildman–Crippen LogP) is 3.05. The van der Waals surface area contributed by atoms with Crippen molar-refractivity contribution in [2.24, 2.45) is 0 Å². The zero-order valence-electron chi connectivity index (χ0n) is 13.7. The minimum atomic E-state index is -0.586. The lowest BCUT2D eigenvalue weighted by molar-refractivity contribution is 0.136. The predicted molar refractivity (Wildman–Crippen MR) is 91.8 cm³/mol. The Morgan fingerprint density at radius 1 is 1.04 bits per heavy atom. The summed E-state index contributed by atoms with van der Waals surface area (Å²) >= 11 is 0. The standard InChI is InChI=1S/C19H25NO3/c1-14(19(22)16-7-9-17(21)10-8-16)20-13-3-4-15-5-11-18(23-2)12-6-15/h5-12,14,19-22H,3-4,13H2,1-2H3. The summed E-state index contributed by atoms with van der Waals surface area (Å²) in [4.78, 5) is 0. The fourth-order valence-electron chi connectivity index (χ4n) is 2.49. The van der Waals surface area contributed by atoms with Gasteiger partial charge in [0.05, 0.1) is 13.2 Å². The third kappa shape index (κ3) is 5.27. The lowest BCUT2D eigenvalue weighted by atomic mass is 10.0. The van der Waals surface area contributed by atoms with E-state index in [0.29, 0.717) is 0 Å². The molecule has 0 bridgehead atoms. The van der Waals surface area contributed by atoms with Crippen LogP contribution in [0.2, 0.25) is 0 Å². The summed E-state index contributed by atoms with van der Waals surface area (Å²) in [6.45, 7) is 2.80. The van der Waals surface area contributed by atoms with Crippen molar-refractivity contribution in [1.82, 2.24) is 5.32 Å². The number of nitrogens with one attached hydrogen (secondary N) is 1. The highest BCUT2D eigenvalue weighted by Gasteiger charge is 2.15. The molecule has 0 saturated carbocycles. The van der Waals surface area contributed by atoms with Gasteiger partial charge in [0.2, 0.25) is 0 Å². The Kier molecular flexibility index (Phi) is 6.44. The second-order valence-electron chi connectivity index (χ2n) is 5.73. The first-order valence-corrected chi connectivity index (χ1v) is 7.93. The SMILES string of the molecule is COc1ccc(CCCNC(C)C(O)c2ccc(O)cc2)cc1. The van der Waals surface area contributed by atoms with E-state index in [0.717, 1.165) is 30.7 Å². The summed E-state index contributed by atoms with van der Waals surface area (Å²) in [5, 5.41) is 22.9. The van der Waals surface area contributed by atoms with E-state index < -0.39 is 6.10 Å². The highest BCUT2D eigenvalue weighted by atomic mass is 16.5. The van der Waals surface area contributed by atoms with Crippen LogP contribution < -0.4 is 10.1 Å². The maximum Gasteiger partial charge on any atom is 0.118 e. The third-order valence-corrected chi connectivity index (χ3v) is 3.98. The van der Waals surface area contributed by atoms with Gasteiger partial charge < -0.3 is 20.3 Å². The van der Waals surface area contributed by atoms with Crippen molar-refractivity contribution in [2.75, 3.05) is 13.7 Å². The van der Waals surface area contributed by atoms with E-state index >= 15 is 0 Å². The van der Waals surface area contributed by atoms with Crippen molar-refractivity contribution in [1.29, 1.82) is 0 Å². The molecule has 124 valence electrons. The number of aryl methyl sites for hydroxylation is 1. The van der Waals surface area contributed by atoms with Crippen LogP contribution in [-0.2, 0) is 6.42 Å². The molecule has 4 heteroatoms. The van der Waals surface area contributed by atoms with E-state index in [9.17, 15) is 10.2 Å². The average molecular weight is 315 g/mol. The van der Waals surface area contributed by atoms with Gasteiger partial charge in [0, 0.05) is 6.04 Å². The Labute approximate surface area is 137 Å². The van der Waals surface area contributed by atoms with Crippen molar-refractivity contribution in [2.45, 2.75) is 31.9 Å². The topological polar surface area (TPSA) is 61.7 Å². The Bertz CT molecular complexity index is 581. The maximum atomic E-state index is 10.3. The fourth-order valence-corrected chi connectivity index (χ4v) is 2.49. The molecule has 0 aliphatic carbocycles. The molecular formula is C19H25NO3. The number of benzene rings is 2. The van der Waals surface area contributed by atoms with E-state index in [1.807, 2.05) is 19.1 Å². The molecule has 0 aliphatic rings. The zero-order valence-corrected chi connectivity index (χ0v) is 13.7. The summed E-state index contributed by atoms with van der Waals surface area (Å²) < 4.78 is 5.15. The van der Waals surface area contributed by atoms with Gasteiger partial charge in [-0.2, -0.15) is 0 Å². The molecule has 0 spiro atoms. The molecule has 4 nitrogen and oxygen atoms in total. The molecule has 23 heavy (non-hydrogen) atoms. The number of rotatable bonds is 8. The molecule has 2 aromatic carbocycles. The van der Waals surface area contributed by atoms with E-state index in [4.69, 9.17) is 4.74 Å². The van der Waals surface area contributed by atoms with Crippen molar-refractivity contribution in [3.63, 3.8) is 0 Å². The molecule has 3 N–H and O–H groups in total. The second-order valence-corrected chi connectivity index (χ2v) is 5.73. The average Bonchev–Trinajstić information content (AvgIpc) is 2.59. The van der Waals surface area contributed by atoms with Gasteiger partial charge in [-0.25, -0.2) is 0 Å². The Morgan fingerprint density at radius 3 is 2.30 bits per heavy atom. The van der Waals surface area contributed by atoms with Crippen molar-refractivity contribution in [3.8, 4) is 11.5 Å². The number of aromatic hydroxyl groups is 1. The van der Waals surface area contributed by atoms with Crippen LogP contribution in [0.1, 0.15) is 30.6 Å². The highest BCUT2D eigenvalue weighted by molar-refractivity contribution is 5.28. The number of ether oxygens (including phenoxy) is 1. The first kappa shape index (κ1) is 17.3. The van der Waals surface area contributed by atoms with Crippen LogP contribution in [-0.4, -0.2) is 29.9 Å². The first-order valence-electron chi connectivity index (χ1n) is 7.93. The number of aliphatic hydroxyl groups is 1. The monoisotopic (exact) mass is 315 g/mol. The van der Waals surface area contributed by atoms with Crippen LogP contribution in [0.4, 0.5) is 0 Å². The smallest absolute Gasteiger partial charge is 0.118 e. The van der Waals surface area contributed by atoms with Gasteiger partial charge in [-0.3, -0.25) is 0 Å². The number of aliphatic hydroxyl groups excluding tert-OH is 1. The highest BCUT2D eigenvalue weighted by Crippen LogP contribution is 2.19. The second kappa shape index (κ2) is 8.56. The summed E-state index contributed by atoms with van der Waals surface area (Å²) in [6, 6.07) is 14.7. The molecule has 2 unspecified atom stereocenters. The van der Waals surface area contributed by atoms with Crippen LogP contribution >= 0.6 is 0 Å².